The number of hydrogen-bond acceptors (Lipinski definition) is 3. The Balaban J connectivity index is 1.24. The molecule has 4 rings (SSSR count). The van der Waals surface area contributed by atoms with E-state index in [2.05, 4.69) is 47.5 Å². The summed E-state index contributed by atoms with van der Waals surface area (Å²) < 4.78 is 5.91. The Bertz CT molecular complexity index is 791. The summed E-state index contributed by atoms with van der Waals surface area (Å²) in [5, 5.41) is 3.10. The summed E-state index contributed by atoms with van der Waals surface area (Å²) in [7, 11) is 0. The van der Waals surface area contributed by atoms with Crippen LogP contribution >= 0.6 is 0 Å². The summed E-state index contributed by atoms with van der Waals surface area (Å²) in [4.78, 5) is 14.9. The maximum absolute atomic E-state index is 12.3. The molecule has 2 atom stereocenters. The molecule has 1 amide bonds. The molecule has 4 heteroatoms. The van der Waals surface area contributed by atoms with E-state index in [-0.39, 0.29) is 5.91 Å². The maximum atomic E-state index is 12.3. The number of nitrogens with zero attached hydrogens (tertiary/aromatic N) is 1. The molecule has 0 bridgehead atoms. The van der Waals surface area contributed by atoms with Gasteiger partial charge in [-0.3, -0.25) is 9.69 Å². The number of aryl methyl sites for hydroxylation is 1. The molecule has 1 saturated heterocycles. The molecule has 1 saturated carbocycles. The van der Waals surface area contributed by atoms with Crippen LogP contribution in [-0.2, 0) is 24.3 Å². The van der Waals surface area contributed by atoms with Crippen molar-refractivity contribution in [2.45, 2.75) is 64.5 Å². The van der Waals surface area contributed by atoms with Gasteiger partial charge in [0.15, 0.2) is 0 Å². The monoisotopic (exact) mass is 380 g/mol. The maximum Gasteiger partial charge on any atom is 0.220 e. The molecular formula is C24H32N2O2. The van der Waals surface area contributed by atoms with Crippen LogP contribution < -0.4 is 5.32 Å². The first-order valence-corrected chi connectivity index (χ1v) is 10.8. The second-order valence-corrected chi connectivity index (χ2v) is 8.51. The fraction of sp³-hybridized carbons (Fsp3) is 0.542. The van der Waals surface area contributed by atoms with Crippen molar-refractivity contribution in [3.8, 4) is 0 Å². The highest BCUT2D eigenvalue weighted by atomic mass is 16.3. The molecule has 2 fully saturated rings. The lowest BCUT2D eigenvalue weighted by Gasteiger charge is -2.27. The average Bonchev–Trinajstić information content (AvgIpc) is 3.26. The van der Waals surface area contributed by atoms with Crippen LogP contribution in [0.3, 0.4) is 0 Å². The number of rotatable bonds is 8. The van der Waals surface area contributed by atoms with Gasteiger partial charge < -0.3 is 9.73 Å². The van der Waals surface area contributed by atoms with Gasteiger partial charge in [0.1, 0.15) is 11.5 Å². The third-order valence-electron chi connectivity index (χ3n) is 6.19. The Morgan fingerprint density at radius 2 is 1.86 bits per heavy atom. The third-order valence-corrected chi connectivity index (χ3v) is 6.19. The molecule has 1 aliphatic carbocycles. The van der Waals surface area contributed by atoms with E-state index in [9.17, 15) is 4.79 Å². The number of amides is 1. The van der Waals surface area contributed by atoms with Crippen LogP contribution in [0.25, 0.3) is 0 Å². The molecule has 0 radical (unpaired) electrons. The second kappa shape index (κ2) is 8.95. The lowest BCUT2D eigenvalue weighted by Crippen LogP contribution is -2.30. The molecule has 2 aromatic rings. The molecule has 1 aromatic heterocycles. The van der Waals surface area contributed by atoms with Gasteiger partial charge >= 0.3 is 0 Å². The highest BCUT2D eigenvalue weighted by Gasteiger charge is 2.36. The second-order valence-electron chi connectivity index (χ2n) is 8.51. The van der Waals surface area contributed by atoms with E-state index in [0.717, 1.165) is 24.0 Å². The van der Waals surface area contributed by atoms with Crippen molar-refractivity contribution in [2.24, 2.45) is 5.92 Å². The van der Waals surface area contributed by atoms with Gasteiger partial charge in [0.2, 0.25) is 5.91 Å². The number of likely N-dealkylation sites (tertiary alicyclic amines) is 1. The number of benzene rings is 1. The number of piperidine rings is 1. The molecule has 4 nitrogen and oxygen atoms in total. The van der Waals surface area contributed by atoms with Crippen LogP contribution in [0, 0.1) is 5.92 Å². The van der Waals surface area contributed by atoms with Crippen LogP contribution in [0.5, 0.6) is 0 Å². The van der Waals surface area contributed by atoms with E-state index in [1.807, 2.05) is 6.07 Å². The normalized spacial score (nSPS) is 22.2. The van der Waals surface area contributed by atoms with Crippen molar-refractivity contribution in [1.82, 2.24) is 10.2 Å². The fourth-order valence-corrected chi connectivity index (χ4v) is 4.21. The van der Waals surface area contributed by atoms with Crippen molar-refractivity contribution >= 4 is 5.91 Å². The van der Waals surface area contributed by atoms with Gasteiger partial charge in [0.25, 0.3) is 0 Å². The predicted octanol–water partition coefficient (Wildman–Crippen LogP) is 4.64. The van der Waals surface area contributed by atoms with Gasteiger partial charge in [-0.2, -0.15) is 0 Å². The summed E-state index contributed by atoms with van der Waals surface area (Å²) in [6.07, 6.45) is 6.32. The smallest absolute Gasteiger partial charge is 0.220 e. The zero-order valence-electron chi connectivity index (χ0n) is 17.0. The molecule has 2 unspecified atom stereocenters. The molecular weight excluding hydrogens is 348 g/mol. The van der Waals surface area contributed by atoms with Crippen molar-refractivity contribution in [2.75, 3.05) is 13.1 Å². The van der Waals surface area contributed by atoms with Crippen molar-refractivity contribution in [1.29, 1.82) is 0 Å². The minimum absolute atomic E-state index is 0.0884. The van der Waals surface area contributed by atoms with Crippen LogP contribution in [0.15, 0.2) is 40.8 Å². The van der Waals surface area contributed by atoms with E-state index in [0.29, 0.717) is 25.3 Å². The Kier molecular flexibility index (Phi) is 6.16. The molecule has 1 N–H and O–H groups in total. The molecule has 28 heavy (non-hydrogen) atoms. The summed E-state index contributed by atoms with van der Waals surface area (Å²) in [6.45, 7) is 6.22. The quantitative estimate of drug-likeness (QED) is 0.726. The largest absolute Gasteiger partial charge is 0.466 e. The van der Waals surface area contributed by atoms with Gasteiger partial charge in [-0.1, -0.05) is 37.6 Å². The molecule has 2 aliphatic rings. The highest BCUT2D eigenvalue weighted by Crippen LogP contribution is 2.47. The SMILES string of the molecule is CC1CC1c1ccc(CCC(=O)NCc2ccccc2CN2CCCCC2)o1. The first-order valence-electron chi connectivity index (χ1n) is 10.8. The Hall–Kier alpha value is -2.07. The summed E-state index contributed by atoms with van der Waals surface area (Å²) in [6, 6.07) is 12.6. The van der Waals surface area contributed by atoms with Gasteiger partial charge in [0, 0.05) is 31.8 Å². The zero-order chi connectivity index (χ0) is 19.3. The summed E-state index contributed by atoms with van der Waals surface area (Å²) in [5.74, 6) is 3.45. The lowest BCUT2D eigenvalue weighted by atomic mass is 10.0. The predicted molar refractivity (Wildman–Crippen MR) is 111 cm³/mol. The molecule has 1 aliphatic heterocycles. The van der Waals surface area contributed by atoms with Crippen LogP contribution in [0.2, 0.25) is 0 Å². The van der Waals surface area contributed by atoms with Gasteiger partial charge in [-0.15, -0.1) is 0 Å². The summed E-state index contributed by atoms with van der Waals surface area (Å²) >= 11 is 0. The number of carbonyl (C=O) groups excluding carboxylic acids is 1. The van der Waals surface area contributed by atoms with E-state index in [1.54, 1.807) is 0 Å². The topological polar surface area (TPSA) is 45.5 Å². The number of hydrogen-bond donors (Lipinski definition) is 1. The van der Waals surface area contributed by atoms with Gasteiger partial charge in [-0.05, 0) is 61.5 Å². The van der Waals surface area contributed by atoms with Crippen molar-refractivity contribution in [3.05, 3.63) is 59.0 Å². The molecule has 0 spiro atoms. The average molecular weight is 381 g/mol. The third kappa shape index (κ3) is 5.05. The van der Waals surface area contributed by atoms with Crippen molar-refractivity contribution < 1.29 is 9.21 Å². The van der Waals surface area contributed by atoms with E-state index in [1.165, 1.54) is 49.9 Å². The lowest BCUT2D eigenvalue weighted by molar-refractivity contribution is -0.121. The Labute approximate surface area is 168 Å². The highest BCUT2D eigenvalue weighted by molar-refractivity contribution is 5.76. The van der Waals surface area contributed by atoms with Crippen LogP contribution in [0.1, 0.15) is 67.6 Å². The number of carbonyl (C=O) groups is 1. The zero-order valence-corrected chi connectivity index (χ0v) is 17.0. The first-order chi connectivity index (χ1) is 13.7. The molecule has 2 heterocycles. The van der Waals surface area contributed by atoms with E-state index >= 15 is 0 Å². The van der Waals surface area contributed by atoms with Crippen molar-refractivity contribution in [3.63, 3.8) is 0 Å². The fourth-order valence-electron chi connectivity index (χ4n) is 4.21. The standard InChI is InChI=1S/C24H32N2O2/c1-18-15-22(18)23-11-9-21(28-23)10-12-24(27)25-16-19-7-3-4-8-20(19)17-26-13-5-2-6-14-26/h3-4,7-9,11,18,22H,2,5-6,10,12-17H2,1H3,(H,25,27). The Morgan fingerprint density at radius 1 is 1.11 bits per heavy atom. The van der Waals surface area contributed by atoms with Gasteiger partial charge in [-0.25, -0.2) is 0 Å². The van der Waals surface area contributed by atoms with Crippen LogP contribution in [0.4, 0.5) is 0 Å². The number of nitrogens with one attached hydrogen (secondary N) is 1. The minimum Gasteiger partial charge on any atom is -0.466 e. The molecule has 150 valence electrons. The Morgan fingerprint density at radius 3 is 2.61 bits per heavy atom. The number of furan rings is 1. The van der Waals surface area contributed by atoms with E-state index < -0.39 is 0 Å². The van der Waals surface area contributed by atoms with Gasteiger partial charge in [0.05, 0.1) is 0 Å². The molecule has 1 aromatic carbocycles. The first kappa shape index (κ1) is 19.3. The van der Waals surface area contributed by atoms with Crippen LogP contribution in [-0.4, -0.2) is 23.9 Å². The summed E-state index contributed by atoms with van der Waals surface area (Å²) in [5.41, 5.74) is 2.56. The minimum atomic E-state index is 0.0884. The van der Waals surface area contributed by atoms with E-state index in [4.69, 9.17) is 4.42 Å².